The highest BCUT2D eigenvalue weighted by Gasteiger charge is 2.28. The van der Waals surface area contributed by atoms with Gasteiger partial charge in [-0.2, -0.15) is 4.79 Å². The van der Waals surface area contributed by atoms with Crippen LogP contribution in [0, 0.1) is 0 Å². The molecule has 9 heteroatoms. The predicted octanol–water partition coefficient (Wildman–Crippen LogP) is 2.24. The monoisotopic (exact) mass is 324 g/mol. The van der Waals surface area contributed by atoms with Gasteiger partial charge < -0.3 is 15.0 Å². The van der Waals surface area contributed by atoms with Crippen LogP contribution in [0.15, 0.2) is 18.0 Å². The fourth-order valence-electron chi connectivity index (χ4n) is 1.23. The molecule has 8 nitrogen and oxygen atoms in total. The van der Waals surface area contributed by atoms with E-state index in [0.29, 0.717) is 0 Å². The first-order chi connectivity index (χ1) is 10.3. The largest absolute Gasteiger partial charge is 0.453 e. The quantitative estimate of drug-likeness (QED) is 0.293. The molecule has 0 aliphatic heterocycles. The van der Waals surface area contributed by atoms with E-state index in [1.54, 1.807) is 20.8 Å². The minimum atomic E-state index is -0.850. The van der Waals surface area contributed by atoms with E-state index in [4.69, 9.17) is 15.0 Å². The highest BCUT2D eigenvalue weighted by atomic mass is 32.1. The summed E-state index contributed by atoms with van der Waals surface area (Å²) in [5.74, 6) is -0.850. The van der Waals surface area contributed by atoms with Crippen molar-refractivity contribution in [3.8, 4) is 0 Å². The number of rotatable bonds is 5. The molecule has 0 bridgehead atoms. The molecule has 0 atom stereocenters. The Kier molecular flexibility index (Phi) is 5.97. The lowest BCUT2D eigenvalue weighted by atomic mass is 10.2. The van der Waals surface area contributed by atoms with Crippen molar-refractivity contribution in [2.24, 2.45) is 0 Å². The summed E-state index contributed by atoms with van der Waals surface area (Å²) in [7, 11) is 0. The number of nitrogens with one attached hydrogen (secondary N) is 1. The average Bonchev–Trinajstić information content (AvgIpc) is 2.83. The lowest BCUT2D eigenvalue weighted by Gasteiger charge is -2.18. The van der Waals surface area contributed by atoms with Gasteiger partial charge in [-0.15, -0.1) is 11.3 Å². The fraction of sp³-hybridized carbons (Fsp3) is 0.385. The van der Waals surface area contributed by atoms with Crippen LogP contribution in [-0.4, -0.2) is 39.8 Å². The van der Waals surface area contributed by atoms with Gasteiger partial charge in [-0.05, 0) is 20.8 Å². The number of aromatic nitrogens is 1. The molecule has 1 amide bonds. The molecule has 118 valence electrons. The summed E-state index contributed by atoms with van der Waals surface area (Å²) in [6, 6.07) is 0. The SMILES string of the molecule is C=CCOC(=O)C(=[N+]=[N-])c1csc(NC(=O)OC(C)(C)C)n1. The zero-order chi connectivity index (χ0) is 16.8. The predicted molar refractivity (Wildman–Crippen MR) is 80.9 cm³/mol. The maximum absolute atomic E-state index is 11.6. The second kappa shape index (κ2) is 7.48. The highest BCUT2D eigenvalue weighted by molar-refractivity contribution is 7.14. The molecule has 0 fully saturated rings. The molecule has 0 unspecified atom stereocenters. The Labute approximate surface area is 131 Å². The molecule has 1 aromatic rings. The van der Waals surface area contributed by atoms with Crippen LogP contribution in [0.3, 0.4) is 0 Å². The number of esters is 1. The van der Waals surface area contributed by atoms with E-state index in [0.717, 1.165) is 11.3 Å². The van der Waals surface area contributed by atoms with Gasteiger partial charge in [-0.3, -0.25) is 5.32 Å². The second-order valence-electron chi connectivity index (χ2n) is 5.00. The zero-order valence-electron chi connectivity index (χ0n) is 12.5. The van der Waals surface area contributed by atoms with Crippen molar-refractivity contribution in [3.05, 3.63) is 29.3 Å². The highest BCUT2D eigenvalue weighted by Crippen LogP contribution is 2.17. The molecule has 0 aliphatic rings. The molecule has 1 heterocycles. The Morgan fingerprint density at radius 2 is 2.23 bits per heavy atom. The number of amides is 1. The standard InChI is InChI=1S/C13H16N4O4S/c1-5-6-20-10(18)9(17-14)8-7-22-11(15-8)16-12(19)21-13(2,3)4/h5,7H,1,6H2,2-4H3,(H,15,16,19). The summed E-state index contributed by atoms with van der Waals surface area (Å²) < 4.78 is 9.83. The summed E-state index contributed by atoms with van der Waals surface area (Å²) in [5, 5.41) is 4.06. The van der Waals surface area contributed by atoms with Crippen LogP contribution in [0.25, 0.3) is 5.53 Å². The third kappa shape index (κ3) is 5.47. The summed E-state index contributed by atoms with van der Waals surface area (Å²) in [5.41, 5.74) is 7.98. The molecular formula is C13H16N4O4S. The van der Waals surface area contributed by atoms with Gasteiger partial charge in [0.1, 0.15) is 12.2 Å². The number of thiazole rings is 1. The van der Waals surface area contributed by atoms with Gasteiger partial charge in [0, 0.05) is 5.38 Å². The molecule has 0 aliphatic carbocycles. The van der Waals surface area contributed by atoms with Crippen molar-refractivity contribution in [3.63, 3.8) is 0 Å². The molecule has 1 aromatic heterocycles. The maximum Gasteiger partial charge on any atom is 0.425 e. The van der Waals surface area contributed by atoms with Crippen molar-refractivity contribution in [2.45, 2.75) is 26.4 Å². The first-order valence-corrected chi connectivity index (χ1v) is 7.10. The van der Waals surface area contributed by atoms with Gasteiger partial charge in [0.2, 0.25) is 0 Å². The Bertz CT molecular complexity index is 626. The molecule has 0 spiro atoms. The molecule has 0 saturated carbocycles. The average molecular weight is 324 g/mol. The van der Waals surface area contributed by atoms with E-state index in [2.05, 4.69) is 21.7 Å². The minimum absolute atomic E-state index is 0.0228. The first-order valence-electron chi connectivity index (χ1n) is 6.23. The Hall–Kier alpha value is -2.51. The van der Waals surface area contributed by atoms with Crippen molar-refractivity contribution < 1.29 is 23.9 Å². The second-order valence-corrected chi connectivity index (χ2v) is 5.86. The van der Waals surface area contributed by atoms with Crippen LogP contribution in [0.2, 0.25) is 0 Å². The van der Waals surface area contributed by atoms with Gasteiger partial charge in [0.25, 0.3) is 0 Å². The van der Waals surface area contributed by atoms with Crippen LogP contribution < -0.4 is 5.32 Å². The van der Waals surface area contributed by atoms with Gasteiger partial charge in [-0.1, -0.05) is 12.7 Å². The number of carbonyl (C=O) groups is 2. The fourth-order valence-corrected chi connectivity index (χ4v) is 1.91. The number of hydrogen-bond donors (Lipinski definition) is 1. The summed E-state index contributed by atoms with van der Waals surface area (Å²) in [6.07, 6.45) is 0.703. The van der Waals surface area contributed by atoms with E-state index in [-0.39, 0.29) is 23.1 Å². The smallest absolute Gasteiger partial charge is 0.425 e. The van der Waals surface area contributed by atoms with Crippen molar-refractivity contribution in [1.82, 2.24) is 4.98 Å². The van der Waals surface area contributed by atoms with E-state index >= 15 is 0 Å². The number of anilines is 1. The van der Waals surface area contributed by atoms with Gasteiger partial charge in [-0.25, -0.2) is 14.6 Å². The van der Waals surface area contributed by atoms with Crippen LogP contribution in [0.4, 0.5) is 9.93 Å². The summed E-state index contributed by atoms with van der Waals surface area (Å²) in [6.45, 7) is 8.56. The number of hydrogen-bond acceptors (Lipinski definition) is 6. The summed E-state index contributed by atoms with van der Waals surface area (Å²) >= 11 is 1.05. The van der Waals surface area contributed by atoms with Crippen molar-refractivity contribution in [1.29, 1.82) is 0 Å². The molecule has 0 aromatic carbocycles. The molecule has 22 heavy (non-hydrogen) atoms. The normalized spacial score (nSPS) is 10.3. The van der Waals surface area contributed by atoms with E-state index in [1.807, 2.05) is 0 Å². The van der Waals surface area contributed by atoms with Crippen molar-refractivity contribution in [2.75, 3.05) is 11.9 Å². The lowest BCUT2D eigenvalue weighted by molar-refractivity contribution is -0.138. The van der Waals surface area contributed by atoms with Crippen LogP contribution in [0.1, 0.15) is 26.5 Å². The topological polar surface area (TPSA) is 114 Å². The number of ether oxygens (including phenoxy) is 2. The first kappa shape index (κ1) is 17.5. The van der Waals surface area contributed by atoms with Crippen LogP contribution >= 0.6 is 11.3 Å². The Morgan fingerprint density at radius 3 is 2.77 bits per heavy atom. The number of nitrogens with zero attached hydrogens (tertiary/aromatic N) is 3. The van der Waals surface area contributed by atoms with E-state index in [9.17, 15) is 9.59 Å². The third-order valence-corrected chi connectivity index (χ3v) is 2.74. The van der Waals surface area contributed by atoms with Crippen LogP contribution in [-0.2, 0) is 14.3 Å². The Morgan fingerprint density at radius 1 is 1.55 bits per heavy atom. The molecule has 1 rings (SSSR count). The van der Waals surface area contributed by atoms with E-state index < -0.39 is 17.7 Å². The van der Waals surface area contributed by atoms with E-state index in [1.165, 1.54) is 11.5 Å². The van der Waals surface area contributed by atoms with Crippen molar-refractivity contribution >= 4 is 34.2 Å². The number of carbonyl (C=O) groups excluding carboxylic acids is 2. The van der Waals surface area contributed by atoms with Crippen LogP contribution in [0.5, 0.6) is 0 Å². The Balaban J connectivity index is 2.78. The minimum Gasteiger partial charge on any atom is -0.453 e. The maximum atomic E-state index is 11.6. The zero-order valence-corrected chi connectivity index (χ0v) is 13.3. The lowest BCUT2D eigenvalue weighted by Crippen LogP contribution is -2.27. The molecule has 1 N–H and O–H groups in total. The molecular weight excluding hydrogens is 308 g/mol. The van der Waals surface area contributed by atoms with Gasteiger partial charge in [0.15, 0.2) is 10.8 Å². The van der Waals surface area contributed by atoms with Gasteiger partial charge in [0.05, 0.1) is 0 Å². The van der Waals surface area contributed by atoms with Gasteiger partial charge >= 0.3 is 17.8 Å². The molecule has 0 radical (unpaired) electrons. The summed E-state index contributed by atoms with van der Waals surface area (Å²) in [4.78, 5) is 30.1. The molecule has 0 saturated heterocycles. The third-order valence-electron chi connectivity index (χ3n) is 1.98.